The number of carbonyl (C=O) groups is 1. The summed E-state index contributed by atoms with van der Waals surface area (Å²) in [7, 11) is 0. The Labute approximate surface area is 111 Å². The number of hydrogen-bond acceptors (Lipinski definition) is 1. The van der Waals surface area contributed by atoms with Crippen LogP contribution >= 0.6 is 15.9 Å². The lowest BCUT2D eigenvalue weighted by Crippen LogP contribution is -2.41. The molecule has 0 aromatic heterocycles. The molecule has 1 aromatic rings. The van der Waals surface area contributed by atoms with Crippen LogP contribution in [0.2, 0.25) is 0 Å². The van der Waals surface area contributed by atoms with Crippen molar-refractivity contribution in [3.05, 3.63) is 35.4 Å². The van der Waals surface area contributed by atoms with Gasteiger partial charge in [-0.2, -0.15) is 0 Å². The van der Waals surface area contributed by atoms with Crippen molar-refractivity contribution >= 4 is 21.8 Å². The Morgan fingerprint density at radius 2 is 1.94 bits per heavy atom. The zero-order valence-corrected chi connectivity index (χ0v) is 11.7. The zero-order chi connectivity index (χ0) is 12.3. The van der Waals surface area contributed by atoms with Gasteiger partial charge in [-0.1, -0.05) is 47.1 Å². The molecule has 2 nitrogen and oxygen atoms in total. The lowest BCUT2D eigenvalue weighted by atomic mass is 10.1. The van der Waals surface area contributed by atoms with E-state index in [0.29, 0.717) is 0 Å². The van der Waals surface area contributed by atoms with E-state index in [4.69, 9.17) is 0 Å². The molecule has 1 heterocycles. The van der Waals surface area contributed by atoms with E-state index in [1.807, 2.05) is 4.90 Å². The third kappa shape index (κ3) is 3.09. The summed E-state index contributed by atoms with van der Waals surface area (Å²) in [5, 5.41) is 0. The summed E-state index contributed by atoms with van der Waals surface area (Å²) >= 11 is 3.44. The van der Waals surface area contributed by atoms with E-state index in [-0.39, 0.29) is 10.7 Å². The number of benzene rings is 1. The zero-order valence-electron chi connectivity index (χ0n) is 10.2. The molecule has 1 saturated heterocycles. The molecule has 1 fully saturated rings. The van der Waals surface area contributed by atoms with Crippen LogP contribution in [0.4, 0.5) is 0 Å². The Kier molecular flexibility index (Phi) is 4.21. The molecule has 0 aliphatic carbocycles. The van der Waals surface area contributed by atoms with Gasteiger partial charge in [0.05, 0.1) is 4.83 Å². The molecule has 0 spiro atoms. The third-order valence-corrected chi connectivity index (χ3v) is 4.12. The highest BCUT2D eigenvalue weighted by Crippen LogP contribution is 2.20. The standard InChI is InChI=1S/C14H18BrNO/c1-2-11-5-7-12(8-6-11)10-16-9-3-4-13(15)14(16)17/h5-8,13H,2-4,9-10H2,1H3. The van der Waals surface area contributed by atoms with Gasteiger partial charge in [0.25, 0.3) is 0 Å². The SMILES string of the molecule is CCc1ccc(CN2CCCC(Br)C2=O)cc1. The maximum atomic E-state index is 11.9. The average molecular weight is 296 g/mol. The van der Waals surface area contributed by atoms with Crippen molar-refractivity contribution in [1.82, 2.24) is 4.90 Å². The van der Waals surface area contributed by atoms with E-state index >= 15 is 0 Å². The molecule has 1 amide bonds. The third-order valence-electron chi connectivity index (χ3n) is 3.27. The summed E-state index contributed by atoms with van der Waals surface area (Å²) in [6.45, 7) is 3.78. The normalized spacial score (nSPS) is 20.7. The van der Waals surface area contributed by atoms with Gasteiger partial charge in [0.15, 0.2) is 0 Å². The highest BCUT2D eigenvalue weighted by molar-refractivity contribution is 9.10. The van der Waals surface area contributed by atoms with Crippen LogP contribution in [0.3, 0.4) is 0 Å². The van der Waals surface area contributed by atoms with Gasteiger partial charge in [-0.15, -0.1) is 0 Å². The second-order valence-electron chi connectivity index (χ2n) is 4.54. The molecular weight excluding hydrogens is 278 g/mol. The topological polar surface area (TPSA) is 20.3 Å². The summed E-state index contributed by atoms with van der Waals surface area (Å²) < 4.78 is 0. The number of aryl methyl sites for hydroxylation is 1. The van der Waals surface area contributed by atoms with Crippen LogP contribution in [-0.2, 0) is 17.8 Å². The lowest BCUT2D eigenvalue weighted by molar-refractivity contribution is -0.133. The average Bonchev–Trinajstić information content (AvgIpc) is 2.36. The van der Waals surface area contributed by atoms with E-state index in [0.717, 1.165) is 32.4 Å². The van der Waals surface area contributed by atoms with E-state index in [9.17, 15) is 4.79 Å². The smallest absolute Gasteiger partial charge is 0.236 e. The van der Waals surface area contributed by atoms with Crippen LogP contribution < -0.4 is 0 Å². The van der Waals surface area contributed by atoms with Crippen molar-refractivity contribution < 1.29 is 4.79 Å². The number of halogens is 1. The predicted octanol–water partition coefficient (Wildman–Crippen LogP) is 3.13. The summed E-state index contributed by atoms with van der Waals surface area (Å²) in [6, 6.07) is 8.55. The van der Waals surface area contributed by atoms with Gasteiger partial charge >= 0.3 is 0 Å². The predicted molar refractivity (Wildman–Crippen MR) is 73.2 cm³/mol. The first kappa shape index (κ1) is 12.6. The molecule has 0 radical (unpaired) electrons. The molecule has 17 heavy (non-hydrogen) atoms. The minimum atomic E-state index is 0.0196. The number of piperidine rings is 1. The fraction of sp³-hybridized carbons (Fsp3) is 0.500. The fourth-order valence-corrected chi connectivity index (χ4v) is 2.76. The Balaban J connectivity index is 2.01. The molecule has 0 bridgehead atoms. The van der Waals surface area contributed by atoms with Gasteiger partial charge in [-0.3, -0.25) is 4.79 Å². The van der Waals surface area contributed by atoms with Crippen LogP contribution in [0.5, 0.6) is 0 Å². The quantitative estimate of drug-likeness (QED) is 0.785. The molecule has 3 heteroatoms. The van der Waals surface area contributed by atoms with Crippen LogP contribution in [-0.4, -0.2) is 22.2 Å². The molecule has 0 N–H and O–H groups in total. The summed E-state index contributed by atoms with van der Waals surface area (Å²) in [5.41, 5.74) is 2.56. The van der Waals surface area contributed by atoms with Crippen molar-refractivity contribution in [1.29, 1.82) is 0 Å². The van der Waals surface area contributed by atoms with Crippen molar-refractivity contribution in [2.24, 2.45) is 0 Å². The van der Waals surface area contributed by atoms with Crippen molar-refractivity contribution in [3.63, 3.8) is 0 Å². The van der Waals surface area contributed by atoms with Gasteiger partial charge in [0.1, 0.15) is 0 Å². The monoisotopic (exact) mass is 295 g/mol. The second kappa shape index (κ2) is 5.67. The number of rotatable bonds is 3. The fourth-order valence-electron chi connectivity index (χ4n) is 2.15. The minimum absolute atomic E-state index is 0.0196. The Morgan fingerprint density at radius 1 is 1.29 bits per heavy atom. The highest BCUT2D eigenvalue weighted by atomic mass is 79.9. The Morgan fingerprint density at radius 3 is 2.59 bits per heavy atom. The van der Waals surface area contributed by atoms with Gasteiger partial charge in [0, 0.05) is 13.1 Å². The molecule has 92 valence electrons. The molecule has 1 aromatic carbocycles. The van der Waals surface area contributed by atoms with E-state index in [1.54, 1.807) is 0 Å². The summed E-state index contributed by atoms with van der Waals surface area (Å²) in [6.07, 6.45) is 3.12. The first-order chi connectivity index (χ1) is 8.20. The summed E-state index contributed by atoms with van der Waals surface area (Å²) in [5.74, 6) is 0.232. The maximum Gasteiger partial charge on any atom is 0.236 e. The molecule has 2 rings (SSSR count). The number of amides is 1. The summed E-state index contributed by atoms with van der Waals surface area (Å²) in [4.78, 5) is 13.9. The Bertz CT molecular complexity index is 388. The second-order valence-corrected chi connectivity index (χ2v) is 5.64. The van der Waals surface area contributed by atoms with Crippen molar-refractivity contribution in [2.75, 3.05) is 6.54 Å². The van der Waals surface area contributed by atoms with Crippen molar-refractivity contribution in [3.8, 4) is 0 Å². The molecular formula is C14H18BrNO. The van der Waals surface area contributed by atoms with Crippen molar-refractivity contribution in [2.45, 2.75) is 37.6 Å². The van der Waals surface area contributed by atoms with Gasteiger partial charge in [0.2, 0.25) is 5.91 Å². The number of carbonyl (C=O) groups excluding carboxylic acids is 1. The van der Waals surface area contributed by atoms with Crippen LogP contribution in [0.25, 0.3) is 0 Å². The van der Waals surface area contributed by atoms with Crippen LogP contribution in [0, 0.1) is 0 Å². The number of alkyl halides is 1. The molecule has 1 atom stereocenters. The first-order valence-electron chi connectivity index (χ1n) is 6.21. The molecule has 1 aliphatic heterocycles. The van der Waals surface area contributed by atoms with Gasteiger partial charge in [-0.05, 0) is 30.4 Å². The molecule has 0 saturated carbocycles. The maximum absolute atomic E-state index is 11.9. The van der Waals surface area contributed by atoms with Gasteiger partial charge < -0.3 is 4.90 Å². The Hall–Kier alpha value is -0.830. The number of hydrogen-bond donors (Lipinski definition) is 0. The number of likely N-dealkylation sites (tertiary alicyclic amines) is 1. The van der Waals surface area contributed by atoms with Gasteiger partial charge in [-0.25, -0.2) is 0 Å². The first-order valence-corrected chi connectivity index (χ1v) is 7.13. The van der Waals surface area contributed by atoms with E-state index in [1.165, 1.54) is 11.1 Å². The number of nitrogens with zero attached hydrogens (tertiary/aromatic N) is 1. The van der Waals surface area contributed by atoms with Crippen LogP contribution in [0.1, 0.15) is 30.9 Å². The lowest BCUT2D eigenvalue weighted by Gasteiger charge is -2.29. The minimum Gasteiger partial charge on any atom is -0.337 e. The van der Waals surface area contributed by atoms with E-state index < -0.39 is 0 Å². The largest absolute Gasteiger partial charge is 0.337 e. The van der Waals surface area contributed by atoms with Crippen LogP contribution in [0.15, 0.2) is 24.3 Å². The highest BCUT2D eigenvalue weighted by Gasteiger charge is 2.26. The molecule has 1 aliphatic rings. The molecule has 1 unspecified atom stereocenters. The van der Waals surface area contributed by atoms with E-state index in [2.05, 4.69) is 47.1 Å².